The summed E-state index contributed by atoms with van der Waals surface area (Å²) in [5, 5.41) is 13.2. The molecule has 2 aliphatic heterocycles. The normalized spacial score (nSPS) is 20.5. The monoisotopic (exact) mass is 416 g/mol. The Hall–Kier alpha value is -2.44. The first kappa shape index (κ1) is 19.9. The first-order valence-electron chi connectivity index (χ1n) is 9.76. The predicted octanol–water partition coefficient (Wildman–Crippen LogP) is 4.97. The second-order valence-electron chi connectivity index (χ2n) is 8.20. The molecule has 29 heavy (non-hydrogen) atoms. The van der Waals surface area contributed by atoms with E-state index in [0.717, 1.165) is 37.6 Å². The average Bonchev–Trinajstić information content (AvgIpc) is 2.70. The number of morpholine rings is 1. The zero-order valence-corrected chi connectivity index (χ0v) is 17.3. The van der Waals surface area contributed by atoms with Crippen molar-refractivity contribution >= 4 is 29.1 Å². The zero-order valence-electron chi connectivity index (χ0n) is 16.6. The van der Waals surface area contributed by atoms with Gasteiger partial charge in [-0.05, 0) is 41.7 Å². The van der Waals surface area contributed by atoms with Gasteiger partial charge in [0, 0.05) is 24.3 Å². The highest BCUT2D eigenvalue weighted by atomic mass is 35.5. The van der Waals surface area contributed by atoms with E-state index in [2.05, 4.69) is 48.3 Å². The van der Waals surface area contributed by atoms with E-state index in [1.807, 2.05) is 0 Å². The molecule has 0 bridgehead atoms. The van der Waals surface area contributed by atoms with Gasteiger partial charge in [0.15, 0.2) is 0 Å². The Balaban J connectivity index is 1.69. The highest BCUT2D eigenvalue weighted by molar-refractivity contribution is 6.33. The molecule has 0 aromatic heterocycles. The predicted molar refractivity (Wildman–Crippen MR) is 113 cm³/mol. The van der Waals surface area contributed by atoms with Crippen molar-refractivity contribution in [2.45, 2.75) is 26.3 Å². The van der Waals surface area contributed by atoms with Gasteiger partial charge in [-0.15, -0.1) is 0 Å². The fourth-order valence-corrected chi connectivity index (χ4v) is 4.51. The van der Waals surface area contributed by atoms with Crippen LogP contribution in [0.1, 0.15) is 31.0 Å². The van der Waals surface area contributed by atoms with E-state index < -0.39 is 6.16 Å². The van der Waals surface area contributed by atoms with Crippen molar-refractivity contribution in [1.29, 1.82) is 0 Å². The second kappa shape index (κ2) is 7.76. The fourth-order valence-electron chi connectivity index (χ4n) is 4.28. The minimum atomic E-state index is -1.33. The van der Waals surface area contributed by atoms with Crippen molar-refractivity contribution < 1.29 is 19.4 Å². The summed E-state index contributed by atoms with van der Waals surface area (Å²) < 4.78 is 10.5. The maximum Gasteiger partial charge on any atom is 0.511 e. The summed E-state index contributed by atoms with van der Waals surface area (Å²) in [6.45, 7) is 7.59. The molecule has 1 fully saturated rings. The van der Waals surface area contributed by atoms with Crippen LogP contribution in [0.25, 0.3) is 0 Å². The average molecular weight is 417 g/mol. The number of hydrogen-bond donors (Lipinski definition) is 2. The number of ether oxygens (including phenoxy) is 2. The standard InChI is InChI=1S/C22H25ClN2O4/c1-22(2)13-16-18(29-21(26)27)7-6-17(23)19(16)24-20(22)14-4-3-5-15(12-14)25-8-10-28-11-9-25/h3-7,12,20,24H,8-11,13H2,1-2H3,(H,26,27). The molecule has 2 N–H and O–H groups in total. The molecule has 1 unspecified atom stereocenters. The quantitative estimate of drug-likeness (QED) is 0.543. The lowest BCUT2D eigenvalue weighted by atomic mass is 9.72. The lowest BCUT2D eigenvalue weighted by molar-refractivity contribution is 0.122. The van der Waals surface area contributed by atoms with E-state index >= 15 is 0 Å². The molecule has 4 rings (SSSR count). The number of halogens is 1. The number of carbonyl (C=O) groups is 1. The van der Waals surface area contributed by atoms with Gasteiger partial charge in [-0.1, -0.05) is 37.6 Å². The van der Waals surface area contributed by atoms with Crippen LogP contribution in [0.4, 0.5) is 16.2 Å². The van der Waals surface area contributed by atoms with E-state index in [-0.39, 0.29) is 11.5 Å². The minimum Gasteiger partial charge on any atom is -0.449 e. The van der Waals surface area contributed by atoms with Crippen molar-refractivity contribution in [1.82, 2.24) is 0 Å². The van der Waals surface area contributed by atoms with E-state index in [9.17, 15) is 4.79 Å². The summed E-state index contributed by atoms with van der Waals surface area (Å²) in [6, 6.07) is 11.9. The molecular weight excluding hydrogens is 392 g/mol. The third kappa shape index (κ3) is 4.00. The van der Waals surface area contributed by atoms with Crippen LogP contribution in [-0.2, 0) is 11.2 Å². The molecule has 2 aromatic rings. The summed E-state index contributed by atoms with van der Waals surface area (Å²) in [5.41, 5.74) is 3.71. The van der Waals surface area contributed by atoms with Crippen molar-refractivity contribution in [3.05, 3.63) is 52.5 Å². The lowest BCUT2D eigenvalue weighted by Gasteiger charge is -2.42. The third-order valence-corrected chi connectivity index (χ3v) is 6.01. The molecule has 1 atom stereocenters. The summed E-state index contributed by atoms with van der Waals surface area (Å²) in [5.74, 6) is 0.331. The molecular formula is C22H25ClN2O4. The fraction of sp³-hybridized carbons (Fsp3) is 0.409. The van der Waals surface area contributed by atoms with Crippen LogP contribution >= 0.6 is 11.6 Å². The molecule has 7 heteroatoms. The minimum absolute atomic E-state index is 0.0218. The van der Waals surface area contributed by atoms with Gasteiger partial charge in [0.2, 0.25) is 0 Å². The summed E-state index contributed by atoms with van der Waals surface area (Å²) in [6.07, 6.45) is -0.682. The van der Waals surface area contributed by atoms with Crippen molar-refractivity contribution in [3.63, 3.8) is 0 Å². The summed E-state index contributed by atoms with van der Waals surface area (Å²) in [4.78, 5) is 13.4. The Kier molecular flexibility index (Phi) is 5.32. The Morgan fingerprint density at radius 2 is 2.03 bits per heavy atom. The van der Waals surface area contributed by atoms with Gasteiger partial charge in [0.05, 0.1) is 30.0 Å². The van der Waals surface area contributed by atoms with Crippen LogP contribution in [0.15, 0.2) is 36.4 Å². The van der Waals surface area contributed by atoms with E-state index in [1.54, 1.807) is 12.1 Å². The SMILES string of the molecule is CC1(C)Cc2c(OC(=O)O)ccc(Cl)c2NC1c1cccc(N2CCOCC2)c1. The number of nitrogens with one attached hydrogen (secondary N) is 1. The topological polar surface area (TPSA) is 71.0 Å². The van der Waals surface area contributed by atoms with E-state index in [4.69, 9.17) is 26.2 Å². The molecule has 0 saturated carbocycles. The number of nitrogens with zero attached hydrogens (tertiary/aromatic N) is 1. The largest absolute Gasteiger partial charge is 0.511 e. The van der Waals surface area contributed by atoms with Gasteiger partial charge < -0.3 is 24.8 Å². The van der Waals surface area contributed by atoms with Gasteiger partial charge in [-0.2, -0.15) is 0 Å². The van der Waals surface area contributed by atoms with Gasteiger partial charge in [0.1, 0.15) is 5.75 Å². The Bertz CT molecular complexity index is 925. The molecule has 2 aliphatic rings. The summed E-state index contributed by atoms with van der Waals surface area (Å²) in [7, 11) is 0. The van der Waals surface area contributed by atoms with E-state index in [1.165, 1.54) is 11.3 Å². The number of carboxylic acid groups (broad SMARTS) is 1. The maximum atomic E-state index is 11.1. The first-order chi connectivity index (χ1) is 13.8. The van der Waals surface area contributed by atoms with Crippen LogP contribution in [0.2, 0.25) is 5.02 Å². The smallest absolute Gasteiger partial charge is 0.449 e. The van der Waals surface area contributed by atoms with Gasteiger partial charge in [0.25, 0.3) is 0 Å². The molecule has 0 spiro atoms. The third-order valence-electron chi connectivity index (χ3n) is 5.70. The molecule has 1 saturated heterocycles. The Morgan fingerprint density at radius 3 is 2.76 bits per heavy atom. The number of rotatable bonds is 3. The molecule has 2 aromatic carbocycles. The van der Waals surface area contributed by atoms with Crippen LogP contribution in [0.5, 0.6) is 5.75 Å². The zero-order chi connectivity index (χ0) is 20.6. The van der Waals surface area contributed by atoms with Gasteiger partial charge >= 0.3 is 6.16 Å². The molecule has 0 aliphatic carbocycles. The Morgan fingerprint density at radius 1 is 1.28 bits per heavy atom. The molecule has 154 valence electrons. The number of benzene rings is 2. The summed E-state index contributed by atoms with van der Waals surface area (Å²) >= 11 is 6.46. The first-order valence-corrected chi connectivity index (χ1v) is 10.1. The molecule has 0 amide bonds. The number of fused-ring (bicyclic) bond motifs is 1. The molecule has 0 radical (unpaired) electrons. The second-order valence-corrected chi connectivity index (χ2v) is 8.61. The van der Waals surface area contributed by atoms with Crippen molar-refractivity contribution in [3.8, 4) is 5.75 Å². The maximum absolute atomic E-state index is 11.1. The molecule has 2 heterocycles. The van der Waals surface area contributed by atoms with Gasteiger partial charge in [-0.25, -0.2) is 4.79 Å². The van der Waals surface area contributed by atoms with Gasteiger partial charge in [-0.3, -0.25) is 0 Å². The van der Waals surface area contributed by atoms with Crippen LogP contribution in [0, 0.1) is 5.41 Å². The van der Waals surface area contributed by atoms with Crippen LogP contribution < -0.4 is 15.0 Å². The highest BCUT2D eigenvalue weighted by Crippen LogP contribution is 2.50. The molecule has 6 nitrogen and oxygen atoms in total. The number of anilines is 2. The number of hydrogen-bond acceptors (Lipinski definition) is 5. The van der Waals surface area contributed by atoms with Crippen molar-refractivity contribution in [2.75, 3.05) is 36.5 Å². The lowest BCUT2D eigenvalue weighted by Crippen LogP contribution is -2.37. The van der Waals surface area contributed by atoms with E-state index in [0.29, 0.717) is 17.2 Å². The van der Waals surface area contributed by atoms with Crippen LogP contribution in [0.3, 0.4) is 0 Å². The highest BCUT2D eigenvalue weighted by Gasteiger charge is 2.38. The Labute approximate surface area is 175 Å². The van der Waals surface area contributed by atoms with Crippen LogP contribution in [-0.4, -0.2) is 37.6 Å². The van der Waals surface area contributed by atoms with Crippen molar-refractivity contribution in [2.24, 2.45) is 5.41 Å².